The number of nitrogens with zero attached hydrogens (tertiary/aromatic N) is 1. The van der Waals surface area contributed by atoms with Crippen molar-refractivity contribution in [3.63, 3.8) is 0 Å². The summed E-state index contributed by atoms with van der Waals surface area (Å²) < 4.78 is 5.63. The summed E-state index contributed by atoms with van der Waals surface area (Å²) in [5.74, 6) is 0.544. The molecule has 0 aliphatic rings. The predicted molar refractivity (Wildman–Crippen MR) is 102 cm³/mol. The molecule has 0 radical (unpaired) electrons. The van der Waals surface area contributed by atoms with Crippen molar-refractivity contribution >= 4 is 12.6 Å². The molecule has 0 bridgehead atoms. The number of hydrogen-bond acceptors (Lipinski definition) is 4. The second-order valence-corrected chi connectivity index (χ2v) is 6.63. The van der Waals surface area contributed by atoms with E-state index in [-0.39, 0.29) is 11.4 Å². The van der Waals surface area contributed by atoms with Crippen molar-refractivity contribution in [3.05, 3.63) is 23.5 Å². The first-order valence-electron chi connectivity index (χ1n) is 9.85. The van der Waals surface area contributed by atoms with Crippen LogP contribution in [0.2, 0.25) is 0 Å². The molecule has 0 N–H and O–H groups in total. The minimum absolute atomic E-state index is 0.231. The zero-order chi connectivity index (χ0) is 18.2. The molecular formula is C21H33NO3. The summed E-state index contributed by atoms with van der Waals surface area (Å²) >= 11 is 0. The van der Waals surface area contributed by atoms with Crippen LogP contribution in [0.1, 0.15) is 105 Å². The molecule has 0 unspecified atom stereocenters. The number of aldehydes is 2. The topological polar surface area (TPSA) is 56.3 Å². The molecule has 0 fully saturated rings. The molecule has 1 aromatic rings. The lowest BCUT2D eigenvalue weighted by molar-refractivity contribution is 0.111. The van der Waals surface area contributed by atoms with Crippen molar-refractivity contribution < 1.29 is 14.3 Å². The van der Waals surface area contributed by atoms with Crippen molar-refractivity contribution in [2.24, 2.45) is 0 Å². The first kappa shape index (κ1) is 21.3. The lowest BCUT2D eigenvalue weighted by atomic mass is 10.1. The van der Waals surface area contributed by atoms with E-state index in [0.717, 1.165) is 12.8 Å². The maximum absolute atomic E-state index is 10.8. The van der Waals surface area contributed by atoms with Crippen molar-refractivity contribution in [1.29, 1.82) is 0 Å². The normalized spacial score (nSPS) is 10.6. The lowest BCUT2D eigenvalue weighted by Crippen LogP contribution is -2.01. The Kier molecular flexibility index (Phi) is 12.5. The SMILES string of the molecule is CCCCCCCCCCCCCCOc1cc(C=O)nc(C=O)c1. The zero-order valence-electron chi connectivity index (χ0n) is 15.7. The first-order valence-corrected chi connectivity index (χ1v) is 9.85. The van der Waals surface area contributed by atoms with Crippen molar-refractivity contribution in [2.75, 3.05) is 6.61 Å². The molecule has 1 aromatic heterocycles. The third-order valence-corrected chi connectivity index (χ3v) is 4.35. The van der Waals surface area contributed by atoms with Crippen LogP contribution < -0.4 is 4.74 Å². The standard InChI is InChI=1S/C21H33NO3/c1-2-3-4-5-6-7-8-9-10-11-12-13-14-25-21-15-19(17-23)22-20(16-21)18-24/h15-18H,2-14H2,1H3. The quantitative estimate of drug-likeness (QED) is 0.281. The van der Waals surface area contributed by atoms with Crippen LogP contribution in [-0.4, -0.2) is 24.2 Å². The van der Waals surface area contributed by atoms with Crippen LogP contribution in [0.5, 0.6) is 5.75 Å². The van der Waals surface area contributed by atoms with E-state index in [1.807, 2.05) is 0 Å². The Morgan fingerprint density at radius 2 is 1.20 bits per heavy atom. The minimum Gasteiger partial charge on any atom is -0.493 e. The van der Waals surface area contributed by atoms with Gasteiger partial charge in [-0.2, -0.15) is 0 Å². The summed E-state index contributed by atoms with van der Waals surface area (Å²) in [4.78, 5) is 25.4. The highest BCUT2D eigenvalue weighted by Crippen LogP contribution is 2.15. The predicted octanol–water partition coefficient (Wildman–Crippen LogP) is 5.79. The number of aromatic nitrogens is 1. The maximum Gasteiger partial charge on any atom is 0.168 e. The summed E-state index contributed by atoms with van der Waals surface area (Å²) in [5, 5.41) is 0. The molecule has 0 atom stereocenters. The highest BCUT2D eigenvalue weighted by atomic mass is 16.5. The number of unbranched alkanes of at least 4 members (excludes halogenated alkanes) is 11. The van der Waals surface area contributed by atoms with Crippen molar-refractivity contribution in [1.82, 2.24) is 4.98 Å². The van der Waals surface area contributed by atoms with E-state index >= 15 is 0 Å². The Morgan fingerprint density at radius 1 is 0.760 bits per heavy atom. The number of carbonyl (C=O) groups excluding carboxylic acids is 2. The molecule has 4 heteroatoms. The van der Waals surface area contributed by atoms with Crippen LogP contribution in [0.4, 0.5) is 0 Å². The van der Waals surface area contributed by atoms with E-state index in [1.54, 1.807) is 12.1 Å². The number of carbonyl (C=O) groups is 2. The van der Waals surface area contributed by atoms with Crippen LogP contribution >= 0.6 is 0 Å². The van der Waals surface area contributed by atoms with Gasteiger partial charge in [0.15, 0.2) is 12.6 Å². The van der Waals surface area contributed by atoms with E-state index in [1.165, 1.54) is 64.2 Å². The minimum atomic E-state index is 0.231. The summed E-state index contributed by atoms with van der Waals surface area (Å²) in [6.45, 7) is 2.87. The van der Waals surface area contributed by atoms with Gasteiger partial charge in [0.2, 0.25) is 0 Å². The molecule has 0 aliphatic heterocycles. The Morgan fingerprint density at radius 3 is 1.64 bits per heavy atom. The van der Waals surface area contributed by atoms with Crippen LogP contribution in [0.25, 0.3) is 0 Å². The molecule has 0 aliphatic carbocycles. The molecule has 1 heterocycles. The van der Waals surface area contributed by atoms with Crippen LogP contribution in [-0.2, 0) is 0 Å². The van der Waals surface area contributed by atoms with Crippen LogP contribution in [0.15, 0.2) is 12.1 Å². The summed E-state index contributed by atoms with van der Waals surface area (Å²) in [7, 11) is 0. The van der Waals surface area contributed by atoms with Crippen molar-refractivity contribution in [3.8, 4) is 5.75 Å². The summed E-state index contributed by atoms with van der Waals surface area (Å²) in [5.41, 5.74) is 0.462. The molecular weight excluding hydrogens is 314 g/mol. The van der Waals surface area contributed by atoms with Crippen LogP contribution in [0.3, 0.4) is 0 Å². The highest BCUT2D eigenvalue weighted by molar-refractivity contribution is 5.78. The molecule has 25 heavy (non-hydrogen) atoms. The van der Waals surface area contributed by atoms with Gasteiger partial charge in [-0.1, -0.05) is 77.6 Å². The monoisotopic (exact) mass is 347 g/mol. The summed E-state index contributed by atoms with van der Waals surface area (Å²) in [6.07, 6.45) is 16.9. The summed E-state index contributed by atoms with van der Waals surface area (Å²) in [6, 6.07) is 3.14. The molecule has 0 saturated heterocycles. The van der Waals surface area contributed by atoms with E-state index in [0.29, 0.717) is 24.9 Å². The lowest BCUT2D eigenvalue weighted by Gasteiger charge is -2.07. The third-order valence-electron chi connectivity index (χ3n) is 4.35. The smallest absolute Gasteiger partial charge is 0.168 e. The molecule has 1 rings (SSSR count). The van der Waals surface area contributed by atoms with Crippen LogP contribution in [0, 0.1) is 0 Å². The fourth-order valence-corrected chi connectivity index (χ4v) is 2.88. The van der Waals surface area contributed by atoms with Gasteiger partial charge in [-0.3, -0.25) is 9.59 Å². The van der Waals surface area contributed by atoms with E-state index in [4.69, 9.17) is 4.74 Å². The molecule has 0 amide bonds. The first-order chi connectivity index (χ1) is 12.3. The van der Waals surface area contributed by atoms with Gasteiger partial charge in [-0.25, -0.2) is 4.98 Å². The number of pyridine rings is 1. The van der Waals surface area contributed by atoms with Gasteiger partial charge in [0.05, 0.1) is 6.61 Å². The fourth-order valence-electron chi connectivity index (χ4n) is 2.88. The Hall–Kier alpha value is -1.71. The van der Waals surface area contributed by atoms with E-state index in [2.05, 4.69) is 11.9 Å². The molecule has 0 spiro atoms. The average Bonchev–Trinajstić information content (AvgIpc) is 2.65. The second kappa shape index (κ2) is 14.6. The van der Waals surface area contributed by atoms with Gasteiger partial charge in [0.1, 0.15) is 17.1 Å². The second-order valence-electron chi connectivity index (χ2n) is 6.63. The molecule has 0 aromatic carbocycles. The highest BCUT2D eigenvalue weighted by Gasteiger charge is 2.02. The number of rotatable bonds is 16. The third kappa shape index (κ3) is 10.7. The molecule has 0 saturated carbocycles. The van der Waals surface area contributed by atoms with E-state index < -0.39 is 0 Å². The van der Waals surface area contributed by atoms with Gasteiger partial charge in [0, 0.05) is 12.1 Å². The Balaban J connectivity index is 1.98. The number of hydrogen-bond donors (Lipinski definition) is 0. The van der Waals surface area contributed by atoms with Crippen molar-refractivity contribution in [2.45, 2.75) is 84.0 Å². The molecule has 4 nitrogen and oxygen atoms in total. The van der Waals surface area contributed by atoms with Gasteiger partial charge < -0.3 is 4.74 Å². The Labute approximate surface area is 152 Å². The Bertz CT molecular complexity index is 462. The average molecular weight is 347 g/mol. The van der Waals surface area contributed by atoms with Gasteiger partial charge in [-0.15, -0.1) is 0 Å². The number of ether oxygens (including phenoxy) is 1. The fraction of sp³-hybridized carbons (Fsp3) is 0.667. The molecule has 140 valence electrons. The maximum atomic E-state index is 10.8. The zero-order valence-corrected chi connectivity index (χ0v) is 15.7. The van der Waals surface area contributed by atoms with Gasteiger partial charge in [-0.05, 0) is 6.42 Å². The van der Waals surface area contributed by atoms with Gasteiger partial charge in [0.25, 0.3) is 0 Å². The van der Waals surface area contributed by atoms with Gasteiger partial charge >= 0.3 is 0 Å². The largest absolute Gasteiger partial charge is 0.493 e. The van der Waals surface area contributed by atoms with E-state index in [9.17, 15) is 9.59 Å².